The van der Waals surface area contributed by atoms with Crippen LogP contribution >= 0.6 is 11.6 Å². The van der Waals surface area contributed by atoms with Crippen LogP contribution in [-0.2, 0) is 19.4 Å². The van der Waals surface area contributed by atoms with Crippen LogP contribution < -0.4 is 10.6 Å². The number of amides is 2. The van der Waals surface area contributed by atoms with E-state index >= 15 is 0 Å². The Hall–Kier alpha value is -2.66. The second-order valence-electron chi connectivity index (χ2n) is 7.49. The second-order valence-corrected chi connectivity index (χ2v) is 9.77. The summed E-state index contributed by atoms with van der Waals surface area (Å²) in [5.74, 6) is -1.85. The predicted molar refractivity (Wildman–Crippen MR) is 109 cm³/mol. The molecule has 1 aromatic heterocycles. The first-order valence-electron chi connectivity index (χ1n) is 8.89. The molecule has 1 heterocycles. The Labute approximate surface area is 179 Å². The maximum absolute atomic E-state index is 12.4. The van der Waals surface area contributed by atoms with E-state index in [1.807, 2.05) is 0 Å². The van der Waals surface area contributed by atoms with E-state index < -0.39 is 44.5 Å². The number of ether oxygens (including phenoxy) is 1. The lowest BCUT2D eigenvalue weighted by Crippen LogP contribution is -2.34. The Morgan fingerprint density at radius 3 is 2.57 bits per heavy atom. The topological polar surface area (TPSA) is 140 Å². The zero-order valence-corrected chi connectivity index (χ0v) is 18.7. The van der Waals surface area contributed by atoms with Crippen molar-refractivity contribution in [2.75, 3.05) is 11.1 Å². The molecule has 2 rings (SSSR count). The van der Waals surface area contributed by atoms with Gasteiger partial charge in [-0.05, 0) is 52.3 Å². The van der Waals surface area contributed by atoms with Crippen LogP contribution in [0, 0.1) is 6.92 Å². The molecule has 0 radical (unpaired) electrons. The number of rotatable bonds is 6. The van der Waals surface area contributed by atoms with Crippen LogP contribution in [0.2, 0.25) is 5.02 Å². The lowest BCUT2D eigenvalue weighted by Gasteiger charge is -2.20. The molecule has 2 amide bonds. The number of nitrogens with zero attached hydrogens (tertiary/aromatic N) is 2. The number of aromatic nitrogens is 2. The third kappa shape index (κ3) is 6.42. The van der Waals surface area contributed by atoms with Crippen molar-refractivity contribution in [1.29, 1.82) is 0 Å². The number of halogens is 1. The normalized spacial score (nSPS) is 12.9. The molecule has 12 heteroatoms. The minimum atomic E-state index is -4.20. The highest BCUT2D eigenvalue weighted by Gasteiger charge is 2.28. The Balaban J connectivity index is 2.05. The zero-order chi connectivity index (χ0) is 22.7. The van der Waals surface area contributed by atoms with E-state index in [0.717, 1.165) is 0 Å². The first-order valence-corrected chi connectivity index (χ1v) is 10.9. The third-order valence-corrected chi connectivity index (χ3v) is 5.40. The maximum Gasteiger partial charge on any atom is 0.408 e. The minimum Gasteiger partial charge on any atom is -0.444 e. The summed E-state index contributed by atoms with van der Waals surface area (Å²) in [6, 6.07) is 4.07. The summed E-state index contributed by atoms with van der Waals surface area (Å²) >= 11 is 5.99. The highest BCUT2D eigenvalue weighted by molar-refractivity contribution is 7.91. The summed E-state index contributed by atoms with van der Waals surface area (Å²) in [7, 11) is -4.20. The lowest BCUT2D eigenvalue weighted by atomic mass is 10.2. The van der Waals surface area contributed by atoms with Gasteiger partial charge in [-0.1, -0.05) is 22.8 Å². The van der Waals surface area contributed by atoms with Crippen LogP contribution in [0.5, 0.6) is 0 Å². The van der Waals surface area contributed by atoms with Crippen molar-refractivity contribution in [3.8, 4) is 0 Å². The molecule has 0 spiro atoms. The largest absolute Gasteiger partial charge is 0.444 e. The SMILES string of the molecule is Cc1c(Cl)cccc1NC(=O)CS(=O)(=O)c1nnc([C@@H](C)NC(=O)OC(C)(C)C)o1. The van der Waals surface area contributed by atoms with Crippen LogP contribution in [0.1, 0.15) is 45.2 Å². The Morgan fingerprint density at radius 2 is 1.93 bits per heavy atom. The van der Waals surface area contributed by atoms with Gasteiger partial charge < -0.3 is 19.8 Å². The molecule has 1 aromatic carbocycles. The molecule has 0 aliphatic heterocycles. The summed E-state index contributed by atoms with van der Waals surface area (Å²) in [5.41, 5.74) is 0.290. The van der Waals surface area contributed by atoms with Crippen LogP contribution in [0.4, 0.5) is 10.5 Å². The monoisotopic (exact) mass is 458 g/mol. The molecule has 164 valence electrons. The molecule has 1 atom stereocenters. The van der Waals surface area contributed by atoms with E-state index in [0.29, 0.717) is 16.3 Å². The van der Waals surface area contributed by atoms with Gasteiger partial charge in [0.05, 0.1) is 0 Å². The van der Waals surface area contributed by atoms with Crippen LogP contribution in [0.15, 0.2) is 27.8 Å². The molecule has 2 aromatic rings. The fraction of sp³-hybridized carbons (Fsp3) is 0.444. The molecule has 10 nitrogen and oxygen atoms in total. The molecule has 0 bridgehead atoms. The van der Waals surface area contributed by atoms with Crippen molar-refractivity contribution in [3.05, 3.63) is 34.7 Å². The molecule has 0 saturated carbocycles. The fourth-order valence-corrected chi connectivity index (χ4v) is 3.32. The Bertz CT molecular complexity index is 1050. The van der Waals surface area contributed by atoms with Crippen molar-refractivity contribution in [2.24, 2.45) is 0 Å². The van der Waals surface area contributed by atoms with Gasteiger partial charge >= 0.3 is 11.3 Å². The van der Waals surface area contributed by atoms with E-state index in [1.165, 1.54) is 6.92 Å². The molecule has 0 aliphatic carbocycles. The Morgan fingerprint density at radius 1 is 1.27 bits per heavy atom. The maximum atomic E-state index is 12.4. The van der Waals surface area contributed by atoms with E-state index in [2.05, 4.69) is 20.8 Å². The lowest BCUT2D eigenvalue weighted by molar-refractivity contribution is -0.113. The van der Waals surface area contributed by atoms with Crippen LogP contribution in [0.3, 0.4) is 0 Å². The summed E-state index contributed by atoms with van der Waals surface area (Å²) in [4.78, 5) is 24.0. The molecule has 0 fully saturated rings. The van der Waals surface area contributed by atoms with Crippen LogP contribution in [0.25, 0.3) is 0 Å². The number of benzene rings is 1. The molecule has 30 heavy (non-hydrogen) atoms. The fourth-order valence-electron chi connectivity index (χ4n) is 2.23. The predicted octanol–water partition coefficient (Wildman–Crippen LogP) is 3.03. The van der Waals surface area contributed by atoms with Gasteiger partial charge in [0, 0.05) is 10.7 Å². The summed E-state index contributed by atoms with van der Waals surface area (Å²) in [6.45, 7) is 8.30. The number of carbonyl (C=O) groups excluding carboxylic acids is 2. The Kier molecular flexibility index (Phi) is 7.09. The number of hydrogen-bond donors (Lipinski definition) is 2. The molecule has 0 saturated heterocycles. The number of alkyl carbamates (subject to hydrolysis) is 1. The second kappa shape index (κ2) is 9.00. The standard InChI is InChI=1S/C18H23ClN4O6S/c1-10-12(19)7-6-8-13(10)21-14(24)9-30(26,27)17-23-22-15(28-17)11(2)20-16(25)29-18(3,4)5/h6-8,11H,9H2,1-5H3,(H,20,25)(H,21,24)/t11-/m1/s1. The number of anilines is 1. The number of hydrogen-bond acceptors (Lipinski definition) is 8. The molecule has 0 unspecified atom stereocenters. The number of carbonyl (C=O) groups is 2. The summed E-state index contributed by atoms with van der Waals surface area (Å²) < 4.78 is 35.1. The van der Waals surface area contributed by atoms with Gasteiger partial charge in [0.2, 0.25) is 21.6 Å². The molecular weight excluding hydrogens is 436 g/mol. The van der Waals surface area contributed by atoms with E-state index in [4.69, 9.17) is 20.8 Å². The van der Waals surface area contributed by atoms with Crippen molar-refractivity contribution in [2.45, 2.75) is 51.5 Å². The molecular formula is C18H23ClN4O6S. The van der Waals surface area contributed by atoms with Crippen LogP contribution in [-0.4, -0.2) is 42.0 Å². The van der Waals surface area contributed by atoms with Gasteiger partial charge in [0.1, 0.15) is 17.4 Å². The van der Waals surface area contributed by atoms with E-state index in [1.54, 1.807) is 45.9 Å². The van der Waals surface area contributed by atoms with Crippen molar-refractivity contribution in [3.63, 3.8) is 0 Å². The first-order chi connectivity index (χ1) is 13.8. The molecule has 0 aliphatic rings. The van der Waals surface area contributed by atoms with Gasteiger partial charge in [0.25, 0.3) is 0 Å². The minimum absolute atomic E-state index is 0.148. The van der Waals surface area contributed by atoms with Gasteiger partial charge in [0.15, 0.2) is 0 Å². The quantitative estimate of drug-likeness (QED) is 0.672. The average Bonchev–Trinajstić information content (AvgIpc) is 3.08. The summed E-state index contributed by atoms with van der Waals surface area (Å²) in [5, 5.41) is 11.8. The van der Waals surface area contributed by atoms with Crippen molar-refractivity contribution >= 4 is 39.1 Å². The smallest absolute Gasteiger partial charge is 0.408 e. The van der Waals surface area contributed by atoms with Gasteiger partial charge in [-0.3, -0.25) is 4.79 Å². The van der Waals surface area contributed by atoms with Gasteiger partial charge in [-0.25, -0.2) is 13.2 Å². The first kappa shape index (κ1) is 23.6. The van der Waals surface area contributed by atoms with Gasteiger partial charge in [-0.2, -0.15) is 0 Å². The van der Waals surface area contributed by atoms with Crippen molar-refractivity contribution < 1.29 is 27.2 Å². The van der Waals surface area contributed by atoms with Gasteiger partial charge in [-0.15, -0.1) is 5.10 Å². The highest BCUT2D eigenvalue weighted by atomic mass is 35.5. The van der Waals surface area contributed by atoms with E-state index in [9.17, 15) is 18.0 Å². The highest BCUT2D eigenvalue weighted by Crippen LogP contribution is 2.23. The number of nitrogens with one attached hydrogen (secondary N) is 2. The molecule has 2 N–H and O–H groups in total. The zero-order valence-electron chi connectivity index (χ0n) is 17.1. The van der Waals surface area contributed by atoms with Crippen molar-refractivity contribution in [1.82, 2.24) is 15.5 Å². The van der Waals surface area contributed by atoms with E-state index in [-0.39, 0.29) is 5.89 Å². The number of sulfone groups is 1. The average molecular weight is 459 g/mol. The summed E-state index contributed by atoms with van der Waals surface area (Å²) in [6.07, 6.45) is -0.728. The third-order valence-electron chi connectivity index (χ3n) is 3.65.